The zero-order valence-electron chi connectivity index (χ0n) is 9.26. The molecule has 1 aliphatic rings. The van der Waals surface area contributed by atoms with Gasteiger partial charge >= 0.3 is 0 Å². The fourth-order valence-electron chi connectivity index (χ4n) is 2.58. The van der Waals surface area contributed by atoms with E-state index in [0.29, 0.717) is 6.04 Å². The lowest BCUT2D eigenvalue weighted by atomic mass is 9.78. The summed E-state index contributed by atoms with van der Waals surface area (Å²) in [7, 11) is 0. The predicted octanol–water partition coefficient (Wildman–Crippen LogP) is 3.33. The second kappa shape index (κ2) is 5.64. The van der Waals surface area contributed by atoms with Gasteiger partial charge in [0.15, 0.2) is 0 Å². The van der Waals surface area contributed by atoms with Crippen LogP contribution in [0.3, 0.4) is 0 Å². The monoisotopic (exact) mass is 183 g/mol. The molecule has 1 nitrogen and oxygen atoms in total. The molecule has 1 saturated carbocycles. The minimum Gasteiger partial charge on any atom is -0.327 e. The molecular formula is C12H25N. The van der Waals surface area contributed by atoms with Gasteiger partial charge in [-0.1, -0.05) is 39.5 Å². The second-order valence-electron chi connectivity index (χ2n) is 4.63. The molecular weight excluding hydrogens is 158 g/mol. The molecule has 1 aliphatic carbocycles. The maximum absolute atomic E-state index is 6.14. The molecule has 1 heteroatoms. The van der Waals surface area contributed by atoms with Crippen LogP contribution in [0.25, 0.3) is 0 Å². The Labute approximate surface area is 83.1 Å². The van der Waals surface area contributed by atoms with Crippen molar-refractivity contribution < 1.29 is 0 Å². The van der Waals surface area contributed by atoms with E-state index in [1.54, 1.807) is 0 Å². The van der Waals surface area contributed by atoms with E-state index in [-0.39, 0.29) is 0 Å². The summed E-state index contributed by atoms with van der Waals surface area (Å²) in [6.45, 7) is 4.62. The highest BCUT2D eigenvalue weighted by atomic mass is 14.7. The highest BCUT2D eigenvalue weighted by Gasteiger charge is 2.23. The van der Waals surface area contributed by atoms with Crippen molar-refractivity contribution >= 4 is 0 Å². The lowest BCUT2D eigenvalue weighted by molar-refractivity contribution is 0.245. The first-order valence-corrected chi connectivity index (χ1v) is 6.03. The highest BCUT2D eigenvalue weighted by molar-refractivity contribution is 4.79. The quantitative estimate of drug-likeness (QED) is 0.711. The van der Waals surface area contributed by atoms with E-state index in [9.17, 15) is 0 Å². The Morgan fingerprint density at radius 2 is 1.77 bits per heavy atom. The molecule has 0 spiro atoms. The van der Waals surface area contributed by atoms with Crippen LogP contribution >= 0.6 is 0 Å². The Morgan fingerprint density at radius 3 is 2.31 bits per heavy atom. The molecule has 0 amide bonds. The van der Waals surface area contributed by atoms with Crippen LogP contribution in [0.15, 0.2) is 0 Å². The maximum Gasteiger partial charge on any atom is 0.00672 e. The Bertz CT molecular complexity index is 129. The Kier molecular flexibility index (Phi) is 4.79. The molecule has 0 aromatic carbocycles. The number of rotatable bonds is 4. The predicted molar refractivity (Wildman–Crippen MR) is 58.6 cm³/mol. The van der Waals surface area contributed by atoms with E-state index in [1.807, 2.05) is 0 Å². The Hall–Kier alpha value is -0.0400. The van der Waals surface area contributed by atoms with E-state index in [2.05, 4.69) is 13.8 Å². The van der Waals surface area contributed by atoms with Crippen LogP contribution < -0.4 is 5.73 Å². The molecule has 1 rings (SSSR count). The van der Waals surface area contributed by atoms with Gasteiger partial charge in [-0.05, 0) is 31.1 Å². The first kappa shape index (κ1) is 11.0. The summed E-state index contributed by atoms with van der Waals surface area (Å²) in [5.41, 5.74) is 6.14. The van der Waals surface area contributed by atoms with E-state index < -0.39 is 0 Å². The molecule has 0 saturated heterocycles. The molecule has 0 heterocycles. The Morgan fingerprint density at radius 1 is 1.15 bits per heavy atom. The van der Waals surface area contributed by atoms with Gasteiger partial charge in [0.1, 0.15) is 0 Å². The fraction of sp³-hybridized carbons (Fsp3) is 1.00. The van der Waals surface area contributed by atoms with Crippen LogP contribution in [0.5, 0.6) is 0 Å². The Balaban J connectivity index is 2.32. The van der Waals surface area contributed by atoms with Gasteiger partial charge in [-0.3, -0.25) is 0 Å². The smallest absolute Gasteiger partial charge is 0.00672 e. The van der Waals surface area contributed by atoms with Gasteiger partial charge in [-0.2, -0.15) is 0 Å². The summed E-state index contributed by atoms with van der Waals surface area (Å²) in [4.78, 5) is 0. The van der Waals surface area contributed by atoms with Crippen LogP contribution in [0.2, 0.25) is 0 Å². The van der Waals surface area contributed by atoms with Crippen molar-refractivity contribution in [2.24, 2.45) is 17.6 Å². The van der Waals surface area contributed by atoms with Gasteiger partial charge in [0.2, 0.25) is 0 Å². The first-order valence-electron chi connectivity index (χ1n) is 6.03. The molecule has 0 bridgehead atoms. The summed E-state index contributed by atoms with van der Waals surface area (Å²) < 4.78 is 0. The minimum absolute atomic E-state index is 0.509. The molecule has 0 aromatic heterocycles. The number of hydrogen-bond donors (Lipinski definition) is 1. The zero-order chi connectivity index (χ0) is 9.68. The summed E-state index contributed by atoms with van der Waals surface area (Å²) in [6.07, 6.45) is 9.48. The average molecular weight is 183 g/mol. The van der Waals surface area contributed by atoms with Crippen molar-refractivity contribution in [2.75, 3.05) is 0 Å². The third-order valence-corrected chi connectivity index (χ3v) is 3.76. The molecule has 13 heavy (non-hydrogen) atoms. The molecule has 0 radical (unpaired) electrons. The molecule has 2 unspecified atom stereocenters. The van der Waals surface area contributed by atoms with E-state index in [0.717, 1.165) is 11.8 Å². The van der Waals surface area contributed by atoms with Crippen molar-refractivity contribution in [1.29, 1.82) is 0 Å². The van der Waals surface area contributed by atoms with Crippen molar-refractivity contribution in [1.82, 2.24) is 0 Å². The van der Waals surface area contributed by atoms with Crippen molar-refractivity contribution in [3.8, 4) is 0 Å². The van der Waals surface area contributed by atoms with Crippen LogP contribution in [0, 0.1) is 11.8 Å². The summed E-state index contributed by atoms with van der Waals surface area (Å²) in [6, 6.07) is 0.509. The molecule has 2 N–H and O–H groups in total. The molecule has 78 valence electrons. The van der Waals surface area contributed by atoms with Crippen LogP contribution in [0.1, 0.15) is 58.8 Å². The normalized spacial score (nSPS) is 29.5. The summed E-state index contributed by atoms with van der Waals surface area (Å²) in [5, 5.41) is 0. The van der Waals surface area contributed by atoms with Crippen LogP contribution in [-0.4, -0.2) is 6.04 Å². The topological polar surface area (TPSA) is 26.0 Å². The van der Waals surface area contributed by atoms with Gasteiger partial charge in [0, 0.05) is 6.04 Å². The highest BCUT2D eigenvalue weighted by Crippen LogP contribution is 2.30. The summed E-state index contributed by atoms with van der Waals surface area (Å²) in [5.74, 6) is 1.76. The maximum atomic E-state index is 6.14. The first-order chi connectivity index (χ1) is 6.27. The molecule has 1 fully saturated rings. The SMILES string of the molecule is CCC(CC)CC1CCCCC1N. The van der Waals surface area contributed by atoms with Gasteiger partial charge in [-0.25, -0.2) is 0 Å². The minimum atomic E-state index is 0.509. The van der Waals surface area contributed by atoms with E-state index in [1.165, 1.54) is 44.9 Å². The largest absolute Gasteiger partial charge is 0.327 e. The van der Waals surface area contributed by atoms with Crippen molar-refractivity contribution in [3.63, 3.8) is 0 Å². The lowest BCUT2D eigenvalue weighted by Gasteiger charge is -2.31. The van der Waals surface area contributed by atoms with E-state index in [4.69, 9.17) is 5.73 Å². The average Bonchev–Trinajstić information content (AvgIpc) is 2.17. The lowest BCUT2D eigenvalue weighted by Crippen LogP contribution is -2.34. The molecule has 0 aliphatic heterocycles. The third-order valence-electron chi connectivity index (χ3n) is 3.76. The standard InChI is InChI=1S/C12H25N/c1-3-10(4-2)9-11-7-5-6-8-12(11)13/h10-12H,3-9,13H2,1-2H3. The second-order valence-corrected chi connectivity index (χ2v) is 4.63. The van der Waals surface area contributed by atoms with Crippen LogP contribution in [0.4, 0.5) is 0 Å². The fourth-order valence-corrected chi connectivity index (χ4v) is 2.58. The van der Waals surface area contributed by atoms with Gasteiger partial charge in [0.05, 0.1) is 0 Å². The van der Waals surface area contributed by atoms with Crippen molar-refractivity contribution in [3.05, 3.63) is 0 Å². The van der Waals surface area contributed by atoms with E-state index >= 15 is 0 Å². The molecule has 2 atom stereocenters. The van der Waals surface area contributed by atoms with Crippen LogP contribution in [-0.2, 0) is 0 Å². The molecule has 0 aromatic rings. The van der Waals surface area contributed by atoms with Gasteiger partial charge < -0.3 is 5.73 Å². The zero-order valence-corrected chi connectivity index (χ0v) is 9.26. The number of hydrogen-bond acceptors (Lipinski definition) is 1. The van der Waals surface area contributed by atoms with Gasteiger partial charge in [-0.15, -0.1) is 0 Å². The summed E-state index contributed by atoms with van der Waals surface area (Å²) >= 11 is 0. The number of nitrogens with two attached hydrogens (primary N) is 1. The van der Waals surface area contributed by atoms with Gasteiger partial charge in [0.25, 0.3) is 0 Å². The third kappa shape index (κ3) is 3.30. The van der Waals surface area contributed by atoms with Crippen molar-refractivity contribution in [2.45, 2.75) is 64.8 Å².